The van der Waals surface area contributed by atoms with Crippen molar-refractivity contribution in [2.75, 3.05) is 13.1 Å². The van der Waals surface area contributed by atoms with Crippen molar-refractivity contribution in [1.29, 1.82) is 0 Å². The molecule has 0 radical (unpaired) electrons. The maximum atomic E-state index is 12.3. The van der Waals surface area contributed by atoms with E-state index < -0.39 is 10.0 Å². The van der Waals surface area contributed by atoms with E-state index in [1.165, 1.54) is 4.31 Å². The van der Waals surface area contributed by atoms with Crippen molar-refractivity contribution in [1.82, 2.24) is 9.29 Å². The van der Waals surface area contributed by atoms with Crippen LogP contribution in [0.4, 0.5) is 0 Å². The van der Waals surface area contributed by atoms with Crippen molar-refractivity contribution in [2.24, 2.45) is 5.92 Å². The third-order valence-electron chi connectivity index (χ3n) is 2.87. The average Bonchev–Trinajstić information content (AvgIpc) is 2.99. The average molecular weight is 276 g/mol. The second-order valence-corrected chi connectivity index (χ2v) is 7.44. The Kier molecular flexibility index (Phi) is 3.42. The summed E-state index contributed by atoms with van der Waals surface area (Å²) in [7, 11) is -3.50. The molecule has 0 bridgehead atoms. The van der Waals surface area contributed by atoms with Gasteiger partial charge < -0.3 is 4.98 Å². The van der Waals surface area contributed by atoms with Crippen LogP contribution < -0.4 is 4.87 Å². The van der Waals surface area contributed by atoms with Gasteiger partial charge in [0.2, 0.25) is 0 Å². The minimum Gasteiger partial charge on any atom is -0.315 e. The van der Waals surface area contributed by atoms with Crippen LogP contribution in [0.5, 0.6) is 0 Å². The molecular weight excluding hydrogens is 260 g/mol. The lowest BCUT2D eigenvalue weighted by molar-refractivity contribution is 0.413. The Labute approximate surface area is 105 Å². The quantitative estimate of drug-likeness (QED) is 0.877. The third-order valence-corrected chi connectivity index (χ3v) is 6.39. The minimum atomic E-state index is -3.50. The van der Waals surface area contributed by atoms with Gasteiger partial charge in [-0.1, -0.05) is 18.3 Å². The second kappa shape index (κ2) is 4.55. The van der Waals surface area contributed by atoms with Gasteiger partial charge in [-0.3, -0.25) is 4.79 Å². The monoisotopic (exact) mass is 276 g/mol. The molecule has 1 saturated carbocycles. The SMILES string of the molecule is CCN(CC1CC1)S(=O)(=O)c1sc(=O)[nH]c1C. The zero-order valence-electron chi connectivity index (χ0n) is 9.89. The molecule has 96 valence electrons. The van der Waals surface area contributed by atoms with Crippen LogP contribution in [0.1, 0.15) is 25.5 Å². The topological polar surface area (TPSA) is 70.2 Å². The number of aryl methyl sites for hydroxylation is 1. The van der Waals surface area contributed by atoms with E-state index in [-0.39, 0.29) is 9.08 Å². The molecule has 1 aromatic heterocycles. The van der Waals surface area contributed by atoms with Gasteiger partial charge in [-0.05, 0) is 25.7 Å². The van der Waals surface area contributed by atoms with E-state index in [1.54, 1.807) is 6.92 Å². The van der Waals surface area contributed by atoms with Crippen LogP contribution in [-0.4, -0.2) is 30.8 Å². The van der Waals surface area contributed by atoms with Gasteiger partial charge in [-0.25, -0.2) is 8.42 Å². The number of H-pyrrole nitrogens is 1. The van der Waals surface area contributed by atoms with E-state index >= 15 is 0 Å². The molecule has 0 unspecified atom stereocenters. The summed E-state index contributed by atoms with van der Waals surface area (Å²) < 4.78 is 26.3. The van der Waals surface area contributed by atoms with E-state index in [2.05, 4.69) is 4.98 Å². The minimum absolute atomic E-state index is 0.157. The summed E-state index contributed by atoms with van der Waals surface area (Å²) in [4.78, 5) is 13.4. The van der Waals surface area contributed by atoms with E-state index in [4.69, 9.17) is 0 Å². The van der Waals surface area contributed by atoms with Crippen LogP contribution >= 0.6 is 11.3 Å². The maximum absolute atomic E-state index is 12.3. The normalized spacial score (nSPS) is 16.6. The standard InChI is InChI=1S/C10H16N2O3S2/c1-3-12(6-8-4-5-8)17(14,15)9-7(2)11-10(13)16-9/h8H,3-6H2,1-2H3,(H,11,13). The first kappa shape index (κ1) is 12.8. The molecule has 0 amide bonds. The lowest BCUT2D eigenvalue weighted by Crippen LogP contribution is -2.32. The van der Waals surface area contributed by atoms with Crippen molar-refractivity contribution in [3.05, 3.63) is 15.4 Å². The first-order valence-electron chi connectivity index (χ1n) is 5.65. The van der Waals surface area contributed by atoms with Crippen molar-refractivity contribution >= 4 is 21.4 Å². The smallest absolute Gasteiger partial charge is 0.305 e. The van der Waals surface area contributed by atoms with E-state index in [0.717, 1.165) is 24.2 Å². The van der Waals surface area contributed by atoms with E-state index in [9.17, 15) is 13.2 Å². The molecule has 7 heteroatoms. The first-order valence-corrected chi connectivity index (χ1v) is 7.90. The molecule has 1 heterocycles. The van der Waals surface area contributed by atoms with E-state index in [0.29, 0.717) is 24.7 Å². The van der Waals surface area contributed by atoms with Crippen molar-refractivity contribution < 1.29 is 8.42 Å². The molecular formula is C10H16N2O3S2. The summed E-state index contributed by atoms with van der Waals surface area (Å²) in [6.45, 7) is 4.47. The van der Waals surface area contributed by atoms with Crippen molar-refractivity contribution in [3.8, 4) is 0 Å². The third kappa shape index (κ3) is 2.61. The molecule has 0 atom stereocenters. The van der Waals surface area contributed by atoms with Crippen LogP contribution in [0.15, 0.2) is 9.00 Å². The number of hydrogen-bond acceptors (Lipinski definition) is 4. The molecule has 0 aromatic carbocycles. The van der Waals surface area contributed by atoms with E-state index in [1.807, 2.05) is 6.92 Å². The lowest BCUT2D eigenvalue weighted by Gasteiger charge is -2.19. The summed E-state index contributed by atoms with van der Waals surface area (Å²) in [6, 6.07) is 0. The number of sulfonamides is 1. The number of rotatable bonds is 5. The van der Waals surface area contributed by atoms with Gasteiger partial charge in [-0.15, -0.1) is 0 Å². The number of thiazole rings is 1. The fourth-order valence-electron chi connectivity index (χ4n) is 1.74. The molecule has 0 spiro atoms. The molecule has 1 aromatic rings. The Hall–Kier alpha value is -0.660. The maximum Gasteiger partial charge on any atom is 0.305 e. The number of nitrogens with one attached hydrogen (secondary N) is 1. The fraction of sp³-hybridized carbons (Fsp3) is 0.700. The zero-order chi connectivity index (χ0) is 12.6. The molecule has 1 fully saturated rings. The highest BCUT2D eigenvalue weighted by atomic mass is 32.2. The Morgan fingerprint density at radius 3 is 2.53 bits per heavy atom. The molecule has 1 aliphatic rings. The van der Waals surface area contributed by atoms with Gasteiger partial charge in [0.25, 0.3) is 10.0 Å². The lowest BCUT2D eigenvalue weighted by atomic mass is 10.4. The molecule has 5 nitrogen and oxygen atoms in total. The van der Waals surface area contributed by atoms with Crippen LogP contribution in [-0.2, 0) is 10.0 Å². The Morgan fingerprint density at radius 2 is 2.12 bits per heavy atom. The van der Waals surface area contributed by atoms with Crippen molar-refractivity contribution in [3.63, 3.8) is 0 Å². The summed E-state index contributed by atoms with van der Waals surface area (Å²) in [5.74, 6) is 0.501. The van der Waals surface area contributed by atoms with Gasteiger partial charge in [-0.2, -0.15) is 4.31 Å². The fourth-order valence-corrected chi connectivity index (χ4v) is 4.70. The molecule has 1 aliphatic carbocycles. The zero-order valence-corrected chi connectivity index (χ0v) is 11.5. The predicted octanol–water partition coefficient (Wildman–Crippen LogP) is 1.17. The summed E-state index contributed by atoms with van der Waals surface area (Å²) in [6.07, 6.45) is 2.21. The largest absolute Gasteiger partial charge is 0.315 e. The summed E-state index contributed by atoms with van der Waals surface area (Å²) >= 11 is 0.772. The number of aromatic amines is 1. The van der Waals surface area contributed by atoms with Crippen LogP contribution in [0, 0.1) is 12.8 Å². The molecule has 17 heavy (non-hydrogen) atoms. The highest BCUT2D eigenvalue weighted by Gasteiger charge is 2.32. The molecule has 2 rings (SSSR count). The molecule has 1 N–H and O–H groups in total. The van der Waals surface area contributed by atoms with Crippen LogP contribution in [0.2, 0.25) is 0 Å². The highest BCUT2D eigenvalue weighted by Crippen LogP contribution is 2.32. The van der Waals surface area contributed by atoms with Gasteiger partial charge in [0, 0.05) is 18.8 Å². The summed E-state index contributed by atoms with van der Waals surface area (Å²) in [5, 5.41) is 0. The van der Waals surface area contributed by atoms with Crippen LogP contribution in [0.25, 0.3) is 0 Å². The number of aromatic nitrogens is 1. The first-order chi connectivity index (χ1) is 7.95. The van der Waals surface area contributed by atoms with Crippen LogP contribution in [0.3, 0.4) is 0 Å². The number of hydrogen-bond donors (Lipinski definition) is 1. The van der Waals surface area contributed by atoms with Gasteiger partial charge >= 0.3 is 4.87 Å². The Balaban J connectivity index is 2.32. The van der Waals surface area contributed by atoms with Gasteiger partial charge in [0.15, 0.2) is 4.21 Å². The van der Waals surface area contributed by atoms with Gasteiger partial charge in [0.1, 0.15) is 0 Å². The Bertz CT molecular complexity index is 554. The molecule has 0 saturated heterocycles. The van der Waals surface area contributed by atoms with Gasteiger partial charge in [0.05, 0.1) is 0 Å². The highest BCUT2D eigenvalue weighted by molar-refractivity contribution is 7.91. The predicted molar refractivity (Wildman–Crippen MR) is 66.8 cm³/mol. The summed E-state index contributed by atoms with van der Waals surface area (Å²) in [5.41, 5.74) is 0.439. The molecule has 0 aliphatic heterocycles. The van der Waals surface area contributed by atoms with Crippen molar-refractivity contribution in [2.45, 2.75) is 30.9 Å². The number of nitrogens with zero attached hydrogens (tertiary/aromatic N) is 1. The Morgan fingerprint density at radius 1 is 1.47 bits per heavy atom. The second-order valence-electron chi connectivity index (χ2n) is 4.33.